The molecule has 1 aromatic heterocycles. The van der Waals surface area contributed by atoms with Crippen LogP contribution in [0.4, 0.5) is 10.1 Å². The molecule has 0 radical (unpaired) electrons. The first-order valence-electron chi connectivity index (χ1n) is 7.40. The van der Waals surface area contributed by atoms with Crippen LogP contribution >= 0.6 is 0 Å². The molecule has 0 bridgehead atoms. The molecule has 0 saturated carbocycles. The highest BCUT2D eigenvalue weighted by Gasteiger charge is 2.10. The number of amides is 1. The fourth-order valence-corrected chi connectivity index (χ4v) is 2.08. The van der Waals surface area contributed by atoms with Crippen molar-refractivity contribution in [1.82, 2.24) is 9.78 Å². The number of halogens is 1. The van der Waals surface area contributed by atoms with E-state index in [4.69, 9.17) is 4.74 Å². The number of carbonyl (C=O) groups is 1. The summed E-state index contributed by atoms with van der Waals surface area (Å²) in [5, 5.41) is 6.89. The molecule has 0 aliphatic heterocycles. The van der Waals surface area contributed by atoms with Crippen molar-refractivity contribution < 1.29 is 13.9 Å². The summed E-state index contributed by atoms with van der Waals surface area (Å²) in [4.78, 5) is 12.2. The standard InChI is InChI=1S/C18H16FN3O2/c1-13-6-8-14(9-7-13)20-18(23)16-10-11-22(21-16)12-24-17-5-3-2-4-15(17)19/h2-11H,12H2,1H3,(H,20,23). The van der Waals surface area contributed by atoms with Crippen molar-refractivity contribution in [3.05, 3.63) is 77.9 Å². The summed E-state index contributed by atoms with van der Waals surface area (Å²) in [6.45, 7) is 1.99. The number of nitrogens with one attached hydrogen (secondary N) is 1. The van der Waals surface area contributed by atoms with Gasteiger partial charge < -0.3 is 10.1 Å². The van der Waals surface area contributed by atoms with Crippen LogP contribution in [0.2, 0.25) is 0 Å². The van der Waals surface area contributed by atoms with Gasteiger partial charge in [-0.2, -0.15) is 5.10 Å². The topological polar surface area (TPSA) is 56.2 Å². The van der Waals surface area contributed by atoms with Gasteiger partial charge in [-0.1, -0.05) is 29.8 Å². The normalized spacial score (nSPS) is 10.4. The SMILES string of the molecule is Cc1ccc(NC(=O)c2ccn(COc3ccccc3F)n2)cc1. The second-order valence-corrected chi connectivity index (χ2v) is 5.26. The largest absolute Gasteiger partial charge is 0.468 e. The van der Waals surface area contributed by atoms with Crippen molar-refractivity contribution in [2.75, 3.05) is 5.32 Å². The summed E-state index contributed by atoms with van der Waals surface area (Å²) in [7, 11) is 0. The number of ether oxygens (including phenoxy) is 1. The van der Waals surface area contributed by atoms with E-state index >= 15 is 0 Å². The second kappa shape index (κ2) is 6.95. The Bertz CT molecular complexity index is 843. The molecule has 1 heterocycles. The molecule has 5 nitrogen and oxygen atoms in total. The van der Waals surface area contributed by atoms with Crippen molar-refractivity contribution in [2.24, 2.45) is 0 Å². The molecule has 1 N–H and O–H groups in total. The van der Waals surface area contributed by atoms with Gasteiger partial charge in [0.1, 0.15) is 0 Å². The maximum atomic E-state index is 13.5. The zero-order valence-electron chi connectivity index (χ0n) is 13.1. The van der Waals surface area contributed by atoms with Gasteiger partial charge in [-0.3, -0.25) is 4.79 Å². The van der Waals surface area contributed by atoms with Crippen molar-refractivity contribution in [3.8, 4) is 5.75 Å². The number of benzene rings is 2. The van der Waals surface area contributed by atoms with Crippen LogP contribution in [0, 0.1) is 12.7 Å². The molecule has 3 aromatic rings. The Kier molecular flexibility index (Phi) is 4.56. The highest BCUT2D eigenvalue weighted by atomic mass is 19.1. The zero-order valence-corrected chi connectivity index (χ0v) is 13.1. The first-order chi connectivity index (χ1) is 11.6. The van der Waals surface area contributed by atoms with Gasteiger partial charge in [-0.05, 0) is 37.3 Å². The van der Waals surface area contributed by atoms with Gasteiger partial charge in [-0.25, -0.2) is 9.07 Å². The highest BCUT2D eigenvalue weighted by Crippen LogP contribution is 2.16. The molecule has 0 atom stereocenters. The van der Waals surface area contributed by atoms with Crippen molar-refractivity contribution in [3.63, 3.8) is 0 Å². The summed E-state index contributed by atoms with van der Waals surface area (Å²) in [6, 6.07) is 15.2. The number of carbonyl (C=O) groups excluding carboxylic acids is 1. The quantitative estimate of drug-likeness (QED) is 0.779. The predicted molar refractivity (Wildman–Crippen MR) is 88.4 cm³/mol. The number of nitrogens with zero attached hydrogens (tertiary/aromatic N) is 2. The Hall–Kier alpha value is -3.15. The molecular formula is C18H16FN3O2. The fourth-order valence-electron chi connectivity index (χ4n) is 2.08. The molecule has 2 aromatic carbocycles. The number of para-hydroxylation sites is 1. The van der Waals surface area contributed by atoms with Crippen LogP contribution in [-0.4, -0.2) is 15.7 Å². The summed E-state index contributed by atoms with van der Waals surface area (Å²) in [5.41, 5.74) is 2.07. The Balaban J connectivity index is 1.61. The van der Waals surface area contributed by atoms with E-state index in [2.05, 4.69) is 10.4 Å². The molecular weight excluding hydrogens is 309 g/mol. The number of hydrogen-bond acceptors (Lipinski definition) is 3. The van der Waals surface area contributed by atoms with Gasteiger partial charge in [0.25, 0.3) is 5.91 Å². The molecule has 3 rings (SSSR count). The van der Waals surface area contributed by atoms with Crippen LogP contribution < -0.4 is 10.1 Å². The highest BCUT2D eigenvalue weighted by molar-refractivity contribution is 6.02. The van der Waals surface area contributed by atoms with Gasteiger partial charge in [0.15, 0.2) is 24.0 Å². The van der Waals surface area contributed by atoms with Gasteiger partial charge in [0.2, 0.25) is 0 Å². The summed E-state index contributed by atoms with van der Waals surface area (Å²) in [6.07, 6.45) is 1.60. The lowest BCUT2D eigenvalue weighted by Gasteiger charge is -2.07. The lowest BCUT2D eigenvalue weighted by molar-refractivity contribution is 0.102. The van der Waals surface area contributed by atoms with E-state index in [0.717, 1.165) is 5.56 Å². The van der Waals surface area contributed by atoms with Crippen LogP contribution in [0.15, 0.2) is 60.8 Å². The van der Waals surface area contributed by atoms with Gasteiger partial charge in [0, 0.05) is 11.9 Å². The molecule has 24 heavy (non-hydrogen) atoms. The molecule has 1 amide bonds. The van der Waals surface area contributed by atoms with Crippen molar-refractivity contribution in [1.29, 1.82) is 0 Å². The Morgan fingerprint density at radius 2 is 1.92 bits per heavy atom. The minimum absolute atomic E-state index is 0.0126. The minimum atomic E-state index is -0.443. The van der Waals surface area contributed by atoms with Gasteiger partial charge in [0.05, 0.1) is 0 Å². The zero-order chi connectivity index (χ0) is 16.9. The van der Waals surface area contributed by atoms with E-state index in [0.29, 0.717) is 5.69 Å². The van der Waals surface area contributed by atoms with E-state index in [1.54, 1.807) is 24.4 Å². The molecule has 0 aliphatic carbocycles. The minimum Gasteiger partial charge on any atom is -0.468 e. The Labute approximate surface area is 138 Å². The molecule has 0 saturated heterocycles. The van der Waals surface area contributed by atoms with Crippen LogP contribution in [0.25, 0.3) is 0 Å². The number of anilines is 1. The summed E-state index contributed by atoms with van der Waals surface area (Å²) >= 11 is 0. The number of aromatic nitrogens is 2. The van der Waals surface area contributed by atoms with Gasteiger partial charge >= 0.3 is 0 Å². The third kappa shape index (κ3) is 3.78. The smallest absolute Gasteiger partial charge is 0.276 e. The molecule has 0 unspecified atom stereocenters. The maximum Gasteiger partial charge on any atom is 0.276 e. The van der Waals surface area contributed by atoms with Crippen molar-refractivity contribution >= 4 is 11.6 Å². The molecule has 6 heteroatoms. The lowest BCUT2D eigenvalue weighted by atomic mass is 10.2. The van der Waals surface area contributed by atoms with Crippen LogP contribution in [0.5, 0.6) is 5.75 Å². The average molecular weight is 325 g/mol. The van der Waals surface area contributed by atoms with E-state index in [-0.39, 0.29) is 24.1 Å². The Morgan fingerprint density at radius 3 is 2.67 bits per heavy atom. The predicted octanol–water partition coefficient (Wildman–Crippen LogP) is 3.62. The molecule has 0 aliphatic rings. The average Bonchev–Trinajstić information content (AvgIpc) is 3.05. The van der Waals surface area contributed by atoms with E-state index < -0.39 is 5.82 Å². The van der Waals surface area contributed by atoms with Crippen LogP contribution in [-0.2, 0) is 6.73 Å². The first-order valence-corrected chi connectivity index (χ1v) is 7.40. The second-order valence-electron chi connectivity index (χ2n) is 5.26. The molecule has 0 spiro atoms. The van der Waals surface area contributed by atoms with Crippen molar-refractivity contribution in [2.45, 2.75) is 13.7 Å². The molecule has 122 valence electrons. The first kappa shape index (κ1) is 15.7. The van der Waals surface area contributed by atoms with E-state index in [1.807, 2.05) is 31.2 Å². The van der Waals surface area contributed by atoms with E-state index in [9.17, 15) is 9.18 Å². The maximum absolute atomic E-state index is 13.5. The number of hydrogen-bond donors (Lipinski definition) is 1. The number of aryl methyl sites for hydroxylation is 1. The summed E-state index contributed by atoms with van der Waals surface area (Å²) < 4.78 is 20.2. The fraction of sp³-hybridized carbons (Fsp3) is 0.111. The Morgan fingerprint density at radius 1 is 1.17 bits per heavy atom. The van der Waals surface area contributed by atoms with Crippen LogP contribution in [0.1, 0.15) is 16.1 Å². The third-order valence-electron chi connectivity index (χ3n) is 3.37. The van der Waals surface area contributed by atoms with Crippen LogP contribution in [0.3, 0.4) is 0 Å². The monoisotopic (exact) mass is 325 g/mol. The molecule has 0 fully saturated rings. The summed E-state index contributed by atoms with van der Waals surface area (Å²) in [5.74, 6) is -0.621. The lowest BCUT2D eigenvalue weighted by Crippen LogP contribution is -2.14. The van der Waals surface area contributed by atoms with E-state index in [1.165, 1.54) is 16.8 Å². The number of rotatable bonds is 5. The van der Waals surface area contributed by atoms with Gasteiger partial charge in [-0.15, -0.1) is 0 Å². The third-order valence-corrected chi connectivity index (χ3v) is 3.37.